The first-order valence-electron chi connectivity index (χ1n) is 11.6. The molecule has 1 aliphatic heterocycles. The number of carbonyl (C=O) groups is 2. The fraction of sp³-hybridized carbons (Fsp3) is 0.370. The molecule has 1 aromatic heterocycles. The van der Waals surface area contributed by atoms with Crippen molar-refractivity contribution in [1.82, 2.24) is 19.4 Å². The number of amides is 1. The number of benzene rings is 2. The molecule has 172 valence electrons. The summed E-state index contributed by atoms with van der Waals surface area (Å²) in [5.74, 6) is 0.231. The molecule has 6 heteroatoms. The number of ketones is 1. The fourth-order valence-electron chi connectivity index (χ4n) is 4.74. The molecule has 0 spiro atoms. The average molecular weight is 445 g/mol. The van der Waals surface area contributed by atoms with Crippen molar-refractivity contribution in [3.8, 4) is 0 Å². The van der Waals surface area contributed by atoms with E-state index in [9.17, 15) is 9.59 Å². The van der Waals surface area contributed by atoms with Gasteiger partial charge in [-0.25, -0.2) is 4.98 Å². The van der Waals surface area contributed by atoms with Gasteiger partial charge in [-0.3, -0.25) is 14.5 Å². The normalized spacial score (nSPS) is 14.8. The van der Waals surface area contributed by atoms with Crippen LogP contribution in [0.2, 0.25) is 0 Å². The third-order valence-electron chi connectivity index (χ3n) is 6.34. The van der Waals surface area contributed by atoms with Crippen molar-refractivity contribution in [1.29, 1.82) is 0 Å². The van der Waals surface area contributed by atoms with Gasteiger partial charge >= 0.3 is 0 Å². The minimum Gasteiger partial charge on any atom is -0.334 e. The monoisotopic (exact) mass is 444 g/mol. The van der Waals surface area contributed by atoms with Gasteiger partial charge in [-0.2, -0.15) is 0 Å². The Morgan fingerprint density at radius 3 is 2.36 bits per heavy atom. The maximum absolute atomic E-state index is 13.1. The van der Waals surface area contributed by atoms with Gasteiger partial charge in [-0.05, 0) is 43.9 Å². The van der Waals surface area contributed by atoms with Crippen LogP contribution in [0.3, 0.4) is 0 Å². The molecule has 0 saturated carbocycles. The summed E-state index contributed by atoms with van der Waals surface area (Å²) >= 11 is 0. The Morgan fingerprint density at radius 1 is 0.909 bits per heavy atom. The third kappa shape index (κ3) is 5.40. The van der Waals surface area contributed by atoms with Gasteiger partial charge in [0.2, 0.25) is 0 Å². The van der Waals surface area contributed by atoms with Crippen LogP contribution in [0.25, 0.3) is 0 Å². The Balaban J connectivity index is 1.39. The van der Waals surface area contributed by atoms with Crippen LogP contribution >= 0.6 is 0 Å². The molecule has 1 saturated heterocycles. The van der Waals surface area contributed by atoms with Crippen LogP contribution in [0.5, 0.6) is 0 Å². The summed E-state index contributed by atoms with van der Waals surface area (Å²) in [7, 11) is 0. The van der Waals surface area contributed by atoms with Crippen molar-refractivity contribution < 1.29 is 9.59 Å². The molecule has 2 heterocycles. The minimum atomic E-state index is -0.392. The van der Waals surface area contributed by atoms with Gasteiger partial charge < -0.3 is 9.47 Å². The first-order chi connectivity index (χ1) is 15.9. The zero-order valence-corrected chi connectivity index (χ0v) is 19.8. The number of imidazole rings is 1. The van der Waals surface area contributed by atoms with Gasteiger partial charge in [0.25, 0.3) is 11.7 Å². The zero-order chi connectivity index (χ0) is 23.4. The molecule has 1 fully saturated rings. The highest BCUT2D eigenvalue weighted by Crippen LogP contribution is 2.19. The predicted octanol–water partition coefficient (Wildman–Crippen LogP) is 3.77. The largest absolute Gasteiger partial charge is 0.334 e. The number of aryl methyl sites for hydroxylation is 3. The Bertz CT molecular complexity index is 1110. The Morgan fingerprint density at radius 2 is 1.64 bits per heavy atom. The molecule has 0 unspecified atom stereocenters. The number of carbonyl (C=O) groups excluding carboxylic acids is 2. The maximum atomic E-state index is 13.1. The maximum Gasteiger partial charge on any atom is 0.295 e. The number of hydrogen-bond acceptors (Lipinski definition) is 4. The van der Waals surface area contributed by atoms with E-state index >= 15 is 0 Å². The molecular weight excluding hydrogens is 412 g/mol. The summed E-state index contributed by atoms with van der Waals surface area (Å²) in [6, 6.07) is 14.3. The number of rotatable bonds is 6. The molecule has 0 atom stereocenters. The Labute approximate surface area is 195 Å². The molecule has 0 bridgehead atoms. The van der Waals surface area contributed by atoms with Crippen molar-refractivity contribution in [3.63, 3.8) is 0 Å². The van der Waals surface area contributed by atoms with Crippen LogP contribution in [0.1, 0.15) is 44.9 Å². The molecular formula is C27H32N4O2. The lowest BCUT2D eigenvalue weighted by Crippen LogP contribution is -2.39. The van der Waals surface area contributed by atoms with Crippen LogP contribution in [0, 0.1) is 20.8 Å². The van der Waals surface area contributed by atoms with E-state index in [-0.39, 0.29) is 0 Å². The SMILES string of the molecule is Cc1cc(C)c(C(=O)C(=O)N2CCCN(Cc3nccn3Cc3ccccc3)CC2)c(C)c1. The minimum absolute atomic E-state index is 0.391. The second kappa shape index (κ2) is 10.1. The third-order valence-corrected chi connectivity index (χ3v) is 6.34. The van der Waals surface area contributed by atoms with Crippen molar-refractivity contribution in [2.24, 2.45) is 0 Å². The van der Waals surface area contributed by atoms with E-state index in [1.807, 2.05) is 63.5 Å². The zero-order valence-electron chi connectivity index (χ0n) is 19.8. The summed E-state index contributed by atoms with van der Waals surface area (Å²) in [6.45, 7) is 10.1. The second-order valence-corrected chi connectivity index (χ2v) is 8.98. The summed E-state index contributed by atoms with van der Waals surface area (Å²) in [5, 5.41) is 0. The highest BCUT2D eigenvalue weighted by atomic mass is 16.2. The lowest BCUT2D eigenvalue weighted by atomic mass is 9.96. The first-order valence-corrected chi connectivity index (χ1v) is 11.6. The van der Waals surface area contributed by atoms with Gasteiger partial charge in [-0.1, -0.05) is 48.0 Å². The molecule has 0 aliphatic carbocycles. The molecule has 33 heavy (non-hydrogen) atoms. The van der Waals surface area contributed by atoms with E-state index in [1.54, 1.807) is 4.90 Å². The number of hydrogen-bond donors (Lipinski definition) is 0. The molecule has 0 radical (unpaired) electrons. The van der Waals surface area contributed by atoms with Crippen molar-refractivity contribution in [3.05, 3.63) is 88.5 Å². The van der Waals surface area contributed by atoms with E-state index in [0.29, 0.717) is 18.7 Å². The van der Waals surface area contributed by atoms with Crippen LogP contribution in [0.4, 0.5) is 0 Å². The number of nitrogens with zero attached hydrogens (tertiary/aromatic N) is 4. The van der Waals surface area contributed by atoms with E-state index in [2.05, 4.69) is 26.6 Å². The molecule has 3 aromatic rings. The highest BCUT2D eigenvalue weighted by molar-refractivity contribution is 6.43. The van der Waals surface area contributed by atoms with Crippen LogP contribution in [0.15, 0.2) is 54.9 Å². The van der Waals surface area contributed by atoms with E-state index in [4.69, 9.17) is 0 Å². The smallest absolute Gasteiger partial charge is 0.295 e. The van der Waals surface area contributed by atoms with Crippen molar-refractivity contribution >= 4 is 11.7 Å². The number of Topliss-reactive ketones (excluding diaryl/α,β-unsaturated/α-hetero) is 1. The standard InChI is InChI=1S/C27H32N4O2/c1-20-16-21(2)25(22(3)17-20)26(32)27(33)30-12-7-11-29(14-15-30)19-24-28-10-13-31(24)18-23-8-5-4-6-9-23/h4-6,8-10,13,16-17H,7,11-12,14-15,18-19H2,1-3H3. The highest BCUT2D eigenvalue weighted by Gasteiger charge is 2.27. The molecule has 4 rings (SSSR count). The topological polar surface area (TPSA) is 58.4 Å². The number of aromatic nitrogens is 2. The van der Waals surface area contributed by atoms with Gasteiger partial charge in [0.1, 0.15) is 5.82 Å². The summed E-state index contributed by atoms with van der Waals surface area (Å²) in [6.07, 6.45) is 4.70. The lowest BCUT2D eigenvalue weighted by molar-refractivity contribution is -0.126. The molecule has 2 aromatic carbocycles. The van der Waals surface area contributed by atoms with Crippen LogP contribution in [-0.2, 0) is 17.9 Å². The quantitative estimate of drug-likeness (QED) is 0.429. The first kappa shape index (κ1) is 22.9. The van der Waals surface area contributed by atoms with Crippen LogP contribution < -0.4 is 0 Å². The fourth-order valence-corrected chi connectivity index (χ4v) is 4.74. The van der Waals surface area contributed by atoms with E-state index in [0.717, 1.165) is 55.1 Å². The van der Waals surface area contributed by atoms with Crippen molar-refractivity contribution in [2.45, 2.75) is 40.3 Å². The van der Waals surface area contributed by atoms with Gasteiger partial charge in [0.15, 0.2) is 0 Å². The Kier molecular flexibility index (Phi) is 7.04. The average Bonchev–Trinajstić information content (AvgIpc) is 3.07. The Hall–Kier alpha value is -3.25. The molecule has 1 aliphatic rings. The van der Waals surface area contributed by atoms with Gasteiger partial charge in [0, 0.05) is 50.7 Å². The van der Waals surface area contributed by atoms with Gasteiger partial charge in [-0.15, -0.1) is 0 Å². The molecule has 0 N–H and O–H groups in total. The summed E-state index contributed by atoms with van der Waals surface area (Å²) in [5.41, 5.74) is 4.63. The second-order valence-electron chi connectivity index (χ2n) is 8.98. The van der Waals surface area contributed by atoms with Crippen LogP contribution in [-0.4, -0.2) is 57.2 Å². The lowest BCUT2D eigenvalue weighted by Gasteiger charge is -2.22. The van der Waals surface area contributed by atoms with E-state index in [1.165, 1.54) is 5.56 Å². The predicted molar refractivity (Wildman–Crippen MR) is 129 cm³/mol. The molecule has 1 amide bonds. The van der Waals surface area contributed by atoms with E-state index < -0.39 is 11.7 Å². The molecule has 6 nitrogen and oxygen atoms in total. The van der Waals surface area contributed by atoms with Crippen molar-refractivity contribution in [2.75, 3.05) is 26.2 Å². The summed E-state index contributed by atoms with van der Waals surface area (Å²) in [4.78, 5) is 34.7. The summed E-state index contributed by atoms with van der Waals surface area (Å²) < 4.78 is 2.18. The van der Waals surface area contributed by atoms with Gasteiger partial charge in [0.05, 0.1) is 6.54 Å².